The van der Waals surface area contributed by atoms with Crippen molar-refractivity contribution < 1.29 is 4.74 Å². The van der Waals surface area contributed by atoms with Crippen molar-refractivity contribution in [2.75, 3.05) is 13.7 Å². The van der Waals surface area contributed by atoms with Crippen LogP contribution in [-0.4, -0.2) is 28.5 Å². The first kappa shape index (κ1) is 15.3. The van der Waals surface area contributed by atoms with E-state index in [4.69, 9.17) is 28.6 Å². The van der Waals surface area contributed by atoms with E-state index >= 15 is 0 Å². The number of methoxy groups -OCH3 is 1. The maximum absolute atomic E-state index is 12.0. The number of benzene rings is 1. The number of hydrogen-bond acceptors (Lipinski definition) is 4. The Hall–Kier alpha value is -1.63. The minimum atomic E-state index is -0.101. The zero-order valence-electron chi connectivity index (χ0n) is 12.1. The van der Waals surface area contributed by atoms with Gasteiger partial charge in [-0.3, -0.25) is 14.7 Å². The summed E-state index contributed by atoms with van der Waals surface area (Å²) in [6, 6.07) is 5.75. The predicted molar refractivity (Wildman–Crippen MR) is 88.1 cm³/mol. The molecule has 0 amide bonds. The predicted octanol–water partition coefficient (Wildman–Crippen LogP) is 2.65. The lowest BCUT2D eigenvalue weighted by Crippen LogP contribution is -2.35. The molecule has 0 aliphatic carbocycles. The highest BCUT2D eigenvalue weighted by Gasteiger charge is 2.19. The molecule has 0 fully saturated rings. The van der Waals surface area contributed by atoms with Gasteiger partial charge in [0.1, 0.15) is 5.75 Å². The smallest absolute Gasteiger partial charge is 0.256 e. The zero-order valence-corrected chi connectivity index (χ0v) is 13.7. The number of fused-ring (bicyclic) bond motifs is 1. The van der Waals surface area contributed by atoms with Gasteiger partial charge in [-0.1, -0.05) is 17.7 Å². The van der Waals surface area contributed by atoms with Gasteiger partial charge in [-0.15, -0.1) is 0 Å². The maximum Gasteiger partial charge on any atom is 0.256 e. The first-order chi connectivity index (χ1) is 10.6. The molecular formula is C15H16ClN3O2S. The number of rotatable bonds is 3. The number of nitrogens with one attached hydrogen (secondary N) is 2. The van der Waals surface area contributed by atoms with Gasteiger partial charge in [-0.05, 0) is 29.9 Å². The first-order valence-electron chi connectivity index (χ1n) is 6.96. The highest BCUT2D eigenvalue weighted by Crippen LogP contribution is 2.26. The van der Waals surface area contributed by atoms with Crippen LogP contribution in [0.25, 0.3) is 0 Å². The van der Waals surface area contributed by atoms with Crippen molar-refractivity contribution >= 4 is 23.8 Å². The van der Waals surface area contributed by atoms with Crippen LogP contribution in [0.3, 0.4) is 0 Å². The summed E-state index contributed by atoms with van der Waals surface area (Å²) < 4.78 is 5.55. The third-order valence-corrected chi connectivity index (χ3v) is 4.31. The average molecular weight is 338 g/mol. The number of aromatic nitrogens is 2. The van der Waals surface area contributed by atoms with Gasteiger partial charge >= 0.3 is 0 Å². The minimum Gasteiger partial charge on any atom is -0.495 e. The third kappa shape index (κ3) is 3.09. The Kier molecular flexibility index (Phi) is 4.33. The van der Waals surface area contributed by atoms with Gasteiger partial charge in [-0.2, -0.15) is 0 Å². The van der Waals surface area contributed by atoms with Gasteiger partial charge in [0, 0.05) is 31.7 Å². The molecule has 1 aliphatic rings. The Morgan fingerprint density at radius 1 is 1.41 bits per heavy atom. The lowest BCUT2D eigenvalue weighted by Gasteiger charge is -2.27. The van der Waals surface area contributed by atoms with Crippen molar-refractivity contribution in [1.82, 2.24) is 14.9 Å². The normalized spacial score (nSPS) is 14.6. The van der Waals surface area contributed by atoms with Crippen LogP contribution >= 0.6 is 23.8 Å². The maximum atomic E-state index is 12.0. The second kappa shape index (κ2) is 6.24. The van der Waals surface area contributed by atoms with Gasteiger partial charge in [0.05, 0.1) is 17.7 Å². The number of aromatic amines is 2. The van der Waals surface area contributed by atoms with E-state index in [1.807, 2.05) is 18.2 Å². The SMILES string of the molecule is COc1ccc(CN2CCc3[nH]c(=S)[nH]c(=O)c3C2)cc1Cl. The monoisotopic (exact) mass is 337 g/mol. The Balaban J connectivity index is 1.79. The molecule has 0 atom stereocenters. The minimum absolute atomic E-state index is 0.101. The van der Waals surface area contributed by atoms with Gasteiger partial charge in [0.15, 0.2) is 4.77 Å². The summed E-state index contributed by atoms with van der Waals surface area (Å²) in [5, 5.41) is 0.597. The summed E-state index contributed by atoms with van der Waals surface area (Å²) in [6.45, 7) is 2.20. The van der Waals surface area contributed by atoms with Crippen molar-refractivity contribution in [3.05, 3.63) is 55.2 Å². The number of hydrogen-bond donors (Lipinski definition) is 2. The van der Waals surface area contributed by atoms with Crippen LogP contribution in [0.2, 0.25) is 5.02 Å². The van der Waals surface area contributed by atoms with Crippen molar-refractivity contribution in [2.24, 2.45) is 0 Å². The molecule has 116 valence electrons. The van der Waals surface area contributed by atoms with Gasteiger partial charge in [0.2, 0.25) is 0 Å². The summed E-state index contributed by atoms with van der Waals surface area (Å²) in [5.74, 6) is 0.665. The molecule has 3 rings (SSSR count). The molecule has 7 heteroatoms. The zero-order chi connectivity index (χ0) is 15.7. The molecular weight excluding hydrogens is 322 g/mol. The molecule has 2 heterocycles. The topological polar surface area (TPSA) is 61.1 Å². The summed E-state index contributed by atoms with van der Waals surface area (Å²) >= 11 is 11.2. The van der Waals surface area contributed by atoms with Crippen molar-refractivity contribution in [3.63, 3.8) is 0 Å². The van der Waals surface area contributed by atoms with Crippen LogP contribution in [0.4, 0.5) is 0 Å². The molecule has 2 N–H and O–H groups in total. The van der Waals surface area contributed by atoms with E-state index in [1.165, 1.54) is 0 Å². The van der Waals surface area contributed by atoms with E-state index in [0.717, 1.165) is 36.3 Å². The molecule has 0 bridgehead atoms. The standard InChI is InChI=1S/C15H16ClN3O2S/c1-21-13-3-2-9(6-11(13)16)7-19-5-4-12-10(8-19)14(20)18-15(22)17-12/h2-3,6H,4-5,7-8H2,1H3,(H2,17,18,20,22). The fraction of sp³-hybridized carbons (Fsp3) is 0.333. The molecule has 0 spiro atoms. The Bertz CT molecular complexity index is 815. The van der Waals surface area contributed by atoms with Crippen LogP contribution < -0.4 is 10.3 Å². The van der Waals surface area contributed by atoms with Gasteiger partial charge in [-0.25, -0.2) is 0 Å². The molecule has 1 aromatic carbocycles. The van der Waals surface area contributed by atoms with Crippen LogP contribution in [0, 0.1) is 4.77 Å². The largest absolute Gasteiger partial charge is 0.495 e. The summed E-state index contributed by atoms with van der Waals surface area (Å²) in [6.07, 6.45) is 0.785. The average Bonchev–Trinajstić information content (AvgIpc) is 2.48. The number of ether oxygens (including phenoxy) is 1. The highest BCUT2D eigenvalue weighted by atomic mass is 35.5. The van der Waals surface area contributed by atoms with E-state index in [2.05, 4.69) is 14.9 Å². The van der Waals surface area contributed by atoms with Crippen LogP contribution in [0.15, 0.2) is 23.0 Å². The van der Waals surface area contributed by atoms with Crippen LogP contribution in [0.1, 0.15) is 16.8 Å². The number of halogens is 1. The lowest BCUT2D eigenvalue weighted by molar-refractivity contribution is 0.241. The molecule has 0 saturated heterocycles. The van der Waals surface area contributed by atoms with Crippen molar-refractivity contribution in [2.45, 2.75) is 19.5 Å². The summed E-state index contributed by atoms with van der Waals surface area (Å²) in [5.41, 5.74) is 2.70. The number of nitrogens with zero attached hydrogens (tertiary/aromatic N) is 1. The molecule has 1 aliphatic heterocycles. The van der Waals surface area contributed by atoms with E-state index in [-0.39, 0.29) is 5.56 Å². The molecule has 0 saturated carbocycles. The summed E-state index contributed by atoms with van der Waals surface area (Å²) in [4.78, 5) is 19.9. The quantitative estimate of drug-likeness (QED) is 0.845. The summed E-state index contributed by atoms with van der Waals surface area (Å²) in [7, 11) is 1.60. The first-order valence-corrected chi connectivity index (χ1v) is 7.74. The molecule has 0 radical (unpaired) electrons. The Morgan fingerprint density at radius 2 is 2.23 bits per heavy atom. The van der Waals surface area contributed by atoms with E-state index in [1.54, 1.807) is 7.11 Å². The molecule has 0 unspecified atom stereocenters. The van der Waals surface area contributed by atoms with Crippen LogP contribution in [-0.2, 0) is 19.5 Å². The lowest BCUT2D eigenvalue weighted by atomic mass is 10.1. The molecule has 5 nitrogen and oxygen atoms in total. The Labute approximate surface area is 137 Å². The van der Waals surface area contributed by atoms with Gasteiger partial charge < -0.3 is 9.72 Å². The van der Waals surface area contributed by atoms with Gasteiger partial charge in [0.25, 0.3) is 5.56 Å². The van der Waals surface area contributed by atoms with Crippen LogP contribution in [0.5, 0.6) is 5.75 Å². The molecule has 2 aromatic rings. The second-order valence-corrected chi connectivity index (χ2v) is 6.11. The molecule has 1 aromatic heterocycles. The Morgan fingerprint density at radius 3 is 2.95 bits per heavy atom. The third-order valence-electron chi connectivity index (χ3n) is 3.81. The molecule has 22 heavy (non-hydrogen) atoms. The van der Waals surface area contributed by atoms with Crippen molar-refractivity contribution in [3.8, 4) is 5.75 Å². The second-order valence-electron chi connectivity index (χ2n) is 5.29. The number of H-pyrrole nitrogens is 2. The highest BCUT2D eigenvalue weighted by molar-refractivity contribution is 7.71. The fourth-order valence-corrected chi connectivity index (χ4v) is 3.21. The van der Waals surface area contributed by atoms with Crippen molar-refractivity contribution in [1.29, 1.82) is 0 Å². The van der Waals surface area contributed by atoms with E-state index in [9.17, 15) is 4.79 Å². The van der Waals surface area contributed by atoms with E-state index in [0.29, 0.717) is 22.1 Å². The van der Waals surface area contributed by atoms with E-state index < -0.39 is 0 Å². The fourth-order valence-electron chi connectivity index (χ4n) is 2.71.